The minimum Gasteiger partial charge on any atom is -0.495 e. The molecule has 1 N–H and O–H groups in total. The maximum Gasteiger partial charge on any atom is 0.337 e. The maximum atomic E-state index is 12.2. The van der Waals surface area contributed by atoms with Crippen LogP contribution < -0.4 is 10.1 Å². The van der Waals surface area contributed by atoms with Gasteiger partial charge in [0.15, 0.2) is 0 Å². The van der Waals surface area contributed by atoms with Gasteiger partial charge in [-0.25, -0.2) is 9.59 Å². The highest BCUT2D eigenvalue weighted by molar-refractivity contribution is 9.10. The van der Waals surface area contributed by atoms with E-state index in [1.165, 1.54) is 19.1 Å². The van der Waals surface area contributed by atoms with Crippen molar-refractivity contribution in [3.05, 3.63) is 38.5 Å². The largest absolute Gasteiger partial charge is 0.495 e. The summed E-state index contributed by atoms with van der Waals surface area (Å²) in [6, 6.07) is 2.27. The van der Waals surface area contributed by atoms with Gasteiger partial charge in [0.1, 0.15) is 5.75 Å². The third-order valence-electron chi connectivity index (χ3n) is 3.71. The molecule has 0 bridgehead atoms. The Morgan fingerprint density at radius 1 is 1.39 bits per heavy atom. The van der Waals surface area contributed by atoms with Crippen LogP contribution in [0.1, 0.15) is 18.5 Å². The van der Waals surface area contributed by atoms with Gasteiger partial charge in [0, 0.05) is 23.3 Å². The fourth-order valence-electron chi connectivity index (χ4n) is 2.45. The standard InChI is InChI=1S/C15H16BrClN2O4/c1-7-11(14(20)23-4)12(18-15(21)19(7)2)9-5-8(17)6-10(16)13(9)22-3/h5-6,12H,1-4H3,(H,18,21). The molecule has 2 rings (SSSR count). The lowest BCUT2D eigenvalue weighted by Gasteiger charge is -2.33. The number of methoxy groups -OCH3 is 2. The molecule has 0 saturated heterocycles. The second-order valence-electron chi connectivity index (χ2n) is 4.94. The van der Waals surface area contributed by atoms with Crippen LogP contribution in [0.15, 0.2) is 27.9 Å². The van der Waals surface area contributed by atoms with E-state index in [1.807, 2.05) is 0 Å². The van der Waals surface area contributed by atoms with Crippen LogP contribution in [0, 0.1) is 0 Å². The highest BCUT2D eigenvalue weighted by Crippen LogP contribution is 2.40. The Kier molecular flexibility index (Phi) is 5.21. The van der Waals surface area contributed by atoms with Crippen LogP contribution in [0.5, 0.6) is 5.75 Å². The van der Waals surface area contributed by atoms with Crippen LogP contribution >= 0.6 is 27.5 Å². The Morgan fingerprint density at radius 2 is 2.04 bits per heavy atom. The number of esters is 1. The first-order valence-corrected chi connectivity index (χ1v) is 7.85. The van der Waals surface area contributed by atoms with E-state index < -0.39 is 12.0 Å². The minimum atomic E-state index is -0.726. The maximum absolute atomic E-state index is 12.2. The van der Waals surface area contributed by atoms with Gasteiger partial charge < -0.3 is 19.7 Å². The zero-order valence-corrected chi connectivity index (χ0v) is 15.4. The van der Waals surface area contributed by atoms with Gasteiger partial charge in [-0.05, 0) is 35.0 Å². The number of nitrogens with one attached hydrogen (secondary N) is 1. The van der Waals surface area contributed by atoms with Gasteiger partial charge in [-0.3, -0.25) is 0 Å². The topological polar surface area (TPSA) is 67.9 Å². The Bertz CT molecular complexity index is 705. The third kappa shape index (κ3) is 3.16. The van der Waals surface area contributed by atoms with Crippen molar-refractivity contribution < 1.29 is 19.1 Å². The molecule has 0 radical (unpaired) electrons. The van der Waals surface area contributed by atoms with E-state index in [9.17, 15) is 9.59 Å². The molecule has 6 nitrogen and oxygen atoms in total. The smallest absolute Gasteiger partial charge is 0.337 e. The molecule has 0 aliphatic carbocycles. The fraction of sp³-hybridized carbons (Fsp3) is 0.333. The van der Waals surface area contributed by atoms with Crippen molar-refractivity contribution in [3.8, 4) is 5.75 Å². The number of nitrogens with zero attached hydrogens (tertiary/aromatic N) is 1. The fourth-order valence-corrected chi connectivity index (χ4v) is 3.45. The zero-order valence-electron chi connectivity index (χ0n) is 13.1. The number of ether oxygens (including phenoxy) is 2. The predicted molar refractivity (Wildman–Crippen MR) is 89.5 cm³/mol. The number of carbonyl (C=O) groups is 2. The monoisotopic (exact) mass is 402 g/mol. The molecule has 1 aliphatic heterocycles. The average Bonchev–Trinajstić information content (AvgIpc) is 2.50. The first-order valence-electron chi connectivity index (χ1n) is 6.68. The molecule has 1 aliphatic rings. The lowest BCUT2D eigenvalue weighted by atomic mass is 9.94. The van der Waals surface area contributed by atoms with Crippen molar-refractivity contribution in [1.82, 2.24) is 10.2 Å². The number of halogens is 2. The molecule has 124 valence electrons. The van der Waals surface area contributed by atoms with E-state index in [0.717, 1.165) is 0 Å². The quantitative estimate of drug-likeness (QED) is 0.787. The predicted octanol–water partition coefficient (Wildman–Crippen LogP) is 3.25. The van der Waals surface area contributed by atoms with Gasteiger partial charge in [-0.1, -0.05) is 11.6 Å². The van der Waals surface area contributed by atoms with Crippen LogP contribution in [0.2, 0.25) is 5.02 Å². The highest BCUT2D eigenvalue weighted by atomic mass is 79.9. The van der Waals surface area contributed by atoms with Crippen LogP contribution in [0.3, 0.4) is 0 Å². The molecular formula is C15H16BrClN2O4. The first kappa shape index (κ1) is 17.6. The van der Waals surface area contributed by atoms with Crippen molar-refractivity contribution in [3.63, 3.8) is 0 Å². The molecule has 8 heteroatoms. The van der Waals surface area contributed by atoms with Crippen molar-refractivity contribution in [1.29, 1.82) is 0 Å². The van der Waals surface area contributed by atoms with Crippen molar-refractivity contribution in [2.24, 2.45) is 0 Å². The highest BCUT2D eigenvalue weighted by Gasteiger charge is 2.36. The van der Waals surface area contributed by atoms with Gasteiger partial charge in [-0.15, -0.1) is 0 Å². The van der Waals surface area contributed by atoms with E-state index in [2.05, 4.69) is 21.2 Å². The molecule has 1 aromatic rings. The van der Waals surface area contributed by atoms with Crippen LogP contribution in [0.4, 0.5) is 4.79 Å². The Balaban J connectivity index is 2.70. The second-order valence-corrected chi connectivity index (χ2v) is 6.23. The Labute approximate surface area is 147 Å². The van der Waals surface area contributed by atoms with Crippen LogP contribution in [0.25, 0.3) is 0 Å². The zero-order chi connectivity index (χ0) is 17.3. The molecule has 0 fully saturated rings. The van der Waals surface area contributed by atoms with E-state index >= 15 is 0 Å². The SMILES string of the molecule is COC(=O)C1=C(C)N(C)C(=O)NC1c1cc(Cl)cc(Br)c1OC. The minimum absolute atomic E-state index is 0.321. The number of benzene rings is 1. The lowest BCUT2D eigenvalue weighted by molar-refractivity contribution is -0.136. The van der Waals surface area contributed by atoms with Gasteiger partial charge >= 0.3 is 12.0 Å². The van der Waals surface area contributed by atoms with Crippen molar-refractivity contribution >= 4 is 39.5 Å². The molecular weight excluding hydrogens is 388 g/mol. The number of carbonyl (C=O) groups excluding carboxylic acids is 2. The Hall–Kier alpha value is -1.73. The average molecular weight is 404 g/mol. The molecule has 0 aromatic heterocycles. The summed E-state index contributed by atoms with van der Waals surface area (Å²) in [6.07, 6.45) is 0. The normalized spacial score (nSPS) is 17.9. The number of rotatable bonds is 3. The molecule has 1 aromatic carbocycles. The van der Waals surface area contributed by atoms with Gasteiger partial charge in [-0.2, -0.15) is 0 Å². The summed E-state index contributed by atoms with van der Waals surface area (Å²) in [7, 11) is 4.37. The molecule has 0 saturated carbocycles. The summed E-state index contributed by atoms with van der Waals surface area (Å²) in [5.74, 6) is -0.0454. The molecule has 1 atom stereocenters. The van der Waals surface area contributed by atoms with E-state index in [0.29, 0.717) is 32.1 Å². The molecule has 1 unspecified atom stereocenters. The van der Waals surface area contributed by atoms with Crippen LogP contribution in [-0.2, 0) is 9.53 Å². The lowest BCUT2D eigenvalue weighted by Crippen LogP contribution is -2.46. The summed E-state index contributed by atoms with van der Waals surface area (Å²) in [6.45, 7) is 1.68. The molecule has 2 amide bonds. The van der Waals surface area contributed by atoms with E-state index in [1.54, 1.807) is 26.1 Å². The van der Waals surface area contributed by atoms with Gasteiger partial charge in [0.2, 0.25) is 0 Å². The van der Waals surface area contributed by atoms with Crippen molar-refractivity contribution in [2.75, 3.05) is 21.3 Å². The third-order valence-corrected chi connectivity index (χ3v) is 4.52. The molecule has 23 heavy (non-hydrogen) atoms. The second kappa shape index (κ2) is 6.80. The number of allylic oxidation sites excluding steroid dienone is 1. The number of urea groups is 1. The Morgan fingerprint density at radius 3 is 2.61 bits per heavy atom. The number of hydrogen-bond acceptors (Lipinski definition) is 4. The van der Waals surface area contributed by atoms with E-state index in [4.69, 9.17) is 21.1 Å². The molecule has 0 spiro atoms. The summed E-state index contributed by atoms with van der Waals surface area (Å²) in [4.78, 5) is 25.8. The number of hydrogen-bond donors (Lipinski definition) is 1. The summed E-state index contributed by atoms with van der Waals surface area (Å²) >= 11 is 9.50. The van der Waals surface area contributed by atoms with Crippen LogP contribution in [-0.4, -0.2) is 38.2 Å². The first-order chi connectivity index (χ1) is 10.8. The van der Waals surface area contributed by atoms with Crippen molar-refractivity contribution in [2.45, 2.75) is 13.0 Å². The van der Waals surface area contributed by atoms with Gasteiger partial charge in [0.25, 0.3) is 0 Å². The summed E-state index contributed by atoms with van der Waals surface area (Å²) in [5.41, 5.74) is 1.39. The summed E-state index contributed by atoms with van der Waals surface area (Å²) in [5, 5.41) is 3.22. The van der Waals surface area contributed by atoms with E-state index in [-0.39, 0.29) is 6.03 Å². The van der Waals surface area contributed by atoms with Gasteiger partial charge in [0.05, 0.1) is 30.3 Å². The number of amides is 2. The molecule has 1 heterocycles. The summed E-state index contributed by atoms with van der Waals surface area (Å²) < 4.78 is 10.9.